The van der Waals surface area contributed by atoms with E-state index in [9.17, 15) is 4.79 Å². The molecule has 1 N–H and O–H groups in total. The number of piperidine rings is 1. The molecule has 1 aliphatic carbocycles. The van der Waals surface area contributed by atoms with Crippen LogP contribution in [0.3, 0.4) is 0 Å². The van der Waals surface area contributed by atoms with Crippen LogP contribution in [-0.2, 0) is 11.2 Å². The van der Waals surface area contributed by atoms with E-state index in [1.165, 1.54) is 0 Å². The van der Waals surface area contributed by atoms with Gasteiger partial charge >= 0.3 is 0 Å². The molecule has 0 aromatic carbocycles. The van der Waals surface area contributed by atoms with Gasteiger partial charge in [0.05, 0.1) is 11.5 Å². The number of aryl methyl sites for hydroxylation is 1. The van der Waals surface area contributed by atoms with Gasteiger partial charge in [-0.15, -0.1) is 0 Å². The second-order valence-electron chi connectivity index (χ2n) is 6.81. The van der Waals surface area contributed by atoms with Gasteiger partial charge in [0.15, 0.2) is 0 Å². The fourth-order valence-corrected chi connectivity index (χ4v) is 3.26. The Morgan fingerprint density at radius 2 is 2.28 bits per heavy atom. The lowest BCUT2D eigenvalue weighted by molar-refractivity contribution is -0.125. The summed E-state index contributed by atoms with van der Waals surface area (Å²) in [6.45, 7) is 3.55. The first-order valence-corrected chi connectivity index (χ1v) is 9.08. The molecule has 2 aromatic heterocycles. The minimum absolute atomic E-state index is 0.0145. The lowest BCUT2D eigenvalue weighted by Crippen LogP contribution is -2.44. The second-order valence-corrected chi connectivity index (χ2v) is 6.81. The van der Waals surface area contributed by atoms with Crippen LogP contribution in [0.2, 0.25) is 0 Å². The standard InChI is InChI=1S/C18H23N5O2/c1-2-15-21-16(22-25-15)14-6-3-9-19-17(14)23-10-4-5-12(11-23)18(24)20-13-7-8-13/h3,6,9,12-13H,2,4-5,7-8,10-11H2,1H3,(H,20,24)/t12-/m1/s1. The van der Waals surface area contributed by atoms with Crippen molar-refractivity contribution >= 4 is 11.7 Å². The Bertz CT molecular complexity index is 755. The first kappa shape index (κ1) is 16.1. The van der Waals surface area contributed by atoms with Crippen molar-refractivity contribution in [1.29, 1.82) is 0 Å². The molecule has 3 heterocycles. The summed E-state index contributed by atoms with van der Waals surface area (Å²) in [7, 11) is 0. The molecule has 132 valence electrons. The van der Waals surface area contributed by atoms with Gasteiger partial charge in [-0.05, 0) is 37.8 Å². The fraction of sp³-hybridized carbons (Fsp3) is 0.556. The topological polar surface area (TPSA) is 84.2 Å². The third-order valence-corrected chi connectivity index (χ3v) is 4.81. The number of carbonyl (C=O) groups excluding carboxylic acids is 1. The van der Waals surface area contributed by atoms with Gasteiger partial charge in [0.2, 0.25) is 17.6 Å². The Labute approximate surface area is 146 Å². The maximum absolute atomic E-state index is 12.4. The van der Waals surface area contributed by atoms with E-state index in [0.717, 1.165) is 43.6 Å². The van der Waals surface area contributed by atoms with E-state index in [4.69, 9.17) is 4.52 Å². The molecule has 7 nitrogen and oxygen atoms in total. The summed E-state index contributed by atoms with van der Waals surface area (Å²) in [5.41, 5.74) is 0.856. The van der Waals surface area contributed by atoms with Crippen LogP contribution >= 0.6 is 0 Å². The van der Waals surface area contributed by atoms with Crippen molar-refractivity contribution in [3.8, 4) is 11.4 Å². The SMILES string of the molecule is CCc1nc(-c2cccnc2N2CCC[C@@H](C(=O)NC3CC3)C2)no1. The molecule has 2 aromatic rings. The fourth-order valence-electron chi connectivity index (χ4n) is 3.26. The van der Waals surface area contributed by atoms with Gasteiger partial charge in [-0.25, -0.2) is 4.98 Å². The number of rotatable bonds is 5. The highest BCUT2D eigenvalue weighted by molar-refractivity contribution is 5.80. The van der Waals surface area contributed by atoms with Crippen molar-refractivity contribution in [3.05, 3.63) is 24.2 Å². The molecule has 1 aliphatic heterocycles. The first-order valence-electron chi connectivity index (χ1n) is 9.08. The number of hydrogen-bond donors (Lipinski definition) is 1. The number of anilines is 1. The van der Waals surface area contributed by atoms with Crippen molar-refractivity contribution in [2.24, 2.45) is 5.92 Å². The van der Waals surface area contributed by atoms with Gasteiger partial charge in [0, 0.05) is 31.7 Å². The smallest absolute Gasteiger partial charge is 0.226 e. The Morgan fingerprint density at radius 3 is 3.04 bits per heavy atom. The second kappa shape index (κ2) is 6.82. The lowest BCUT2D eigenvalue weighted by Gasteiger charge is -2.33. The molecule has 0 bridgehead atoms. The van der Waals surface area contributed by atoms with Gasteiger partial charge in [-0.1, -0.05) is 12.1 Å². The van der Waals surface area contributed by atoms with Crippen LogP contribution in [0.4, 0.5) is 5.82 Å². The van der Waals surface area contributed by atoms with Crippen LogP contribution in [0.25, 0.3) is 11.4 Å². The molecule has 2 aliphatic rings. The number of amides is 1. The maximum atomic E-state index is 12.4. The van der Waals surface area contributed by atoms with E-state index < -0.39 is 0 Å². The van der Waals surface area contributed by atoms with Gasteiger partial charge in [-0.2, -0.15) is 4.98 Å². The van der Waals surface area contributed by atoms with Crippen LogP contribution in [0, 0.1) is 5.92 Å². The average molecular weight is 341 g/mol. The van der Waals surface area contributed by atoms with E-state index in [-0.39, 0.29) is 11.8 Å². The van der Waals surface area contributed by atoms with Crippen molar-refractivity contribution in [2.45, 2.75) is 45.1 Å². The molecular weight excluding hydrogens is 318 g/mol. The molecular formula is C18H23N5O2. The predicted molar refractivity (Wildman–Crippen MR) is 93.0 cm³/mol. The molecule has 0 spiro atoms. The number of nitrogens with zero attached hydrogens (tertiary/aromatic N) is 4. The highest BCUT2D eigenvalue weighted by Gasteiger charge is 2.31. The van der Waals surface area contributed by atoms with E-state index in [2.05, 4.69) is 25.3 Å². The van der Waals surface area contributed by atoms with Crippen molar-refractivity contribution < 1.29 is 9.32 Å². The summed E-state index contributed by atoms with van der Waals surface area (Å²) >= 11 is 0. The molecule has 1 amide bonds. The zero-order chi connectivity index (χ0) is 17.2. The van der Waals surface area contributed by atoms with Crippen LogP contribution in [0.5, 0.6) is 0 Å². The highest BCUT2D eigenvalue weighted by Crippen LogP contribution is 2.30. The van der Waals surface area contributed by atoms with Gasteiger partial charge in [0.25, 0.3) is 0 Å². The Hall–Kier alpha value is -2.44. The zero-order valence-corrected chi connectivity index (χ0v) is 14.4. The Morgan fingerprint density at radius 1 is 1.40 bits per heavy atom. The molecule has 1 saturated heterocycles. The highest BCUT2D eigenvalue weighted by atomic mass is 16.5. The summed E-state index contributed by atoms with van der Waals surface area (Å²) in [5.74, 6) is 2.20. The molecule has 0 unspecified atom stereocenters. The summed E-state index contributed by atoms with van der Waals surface area (Å²) in [5, 5.41) is 7.21. The van der Waals surface area contributed by atoms with Crippen LogP contribution in [-0.4, -0.2) is 40.2 Å². The number of pyridine rings is 1. The predicted octanol–water partition coefficient (Wildman–Crippen LogP) is 2.19. The quantitative estimate of drug-likeness (QED) is 0.897. The molecule has 4 rings (SSSR count). The Balaban J connectivity index is 1.55. The zero-order valence-electron chi connectivity index (χ0n) is 14.4. The summed E-state index contributed by atoms with van der Waals surface area (Å²) in [6.07, 6.45) is 6.61. The minimum atomic E-state index is 0.0145. The molecule has 1 saturated carbocycles. The molecule has 0 radical (unpaired) electrons. The van der Waals surface area contributed by atoms with Crippen molar-refractivity contribution in [2.75, 3.05) is 18.0 Å². The molecule has 25 heavy (non-hydrogen) atoms. The Kier molecular flexibility index (Phi) is 4.38. The van der Waals surface area contributed by atoms with Crippen LogP contribution in [0.1, 0.15) is 38.5 Å². The molecule has 1 atom stereocenters. The van der Waals surface area contributed by atoms with E-state index in [1.54, 1.807) is 6.20 Å². The minimum Gasteiger partial charge on any atom is -0.355 e. The normalized spacial score (nSPS) is 20.5. The number of aromatic nitrogens is 3. The third-order valence-electron chi connectivity index (χ3n) is 4.81. The van der Waals surface area contributed by atoms with Gasteiger partial charge in [-0.3, -0.25) is 4.79 Å². The van der Waals surface area contributed by atoms with Crippen LogP contribution in [0.15, 0.2) is 22.9 Å². The largest absolute Gasteiger partial charge is 0.355 e. The summed E-state index contributed by atoms with van der Waals surface area (Å²) in [4.78, 5) is 23.6. The summed E-state index contributed by atoms with van der Waals surface area (Å²) < 4.78 is 5.25. The van der Waals surface area contributed by atoms with E-state index >= 15 is 0 Å². The van der Waals surface area contributed by atoms with Crippen molar-refractivity contribution in [3.63, 3.8) is 0 Å². The maximum Gasteiger partial charge on any atom is 0.226 e. The first-order chi connectivity index (χ1) is 12.2. The molecule has 2 fully saturated rings. The monoisotopic (exact) mass is 341 g/mol. The van der Waals surface area contributed by atoms with Crippen molar-refractivity contribution in [1.82, 2.24) is 20.4 Å². The lowest BCUT2D eigenvalue weighted by atomic mass is 9.96. The van der Waals surface area contributed by atoms with Gasteiger partial charge < -0.3 is 14.7 Å². The van der Waals surface area contributed by atoms with E-state index in [0.29, 0.717) is 30.7 Å². The van der Waals surface area contributed by atoms with Gasteiger partial charge in [0.1, 0.15) is 5.82 Å². The average Bonchev–Trinajstić information content (AvgIpc) is 3.34. The van der Waals surface area contributed by atoms with Crippen LogP contribution < -0.4 is 10.2 Å². The number of carbonyl (C=O) groups is 1. The number of hydrogen-bond acceptors (Lipinski definition) is 6. The summed E-state index contributed by atoms with van der Waals surface area (Å²) in [6, 6.07) is 4.24. The third kappa shape index (κ3) is 3.50. The molecule has 7 heteroatoms. The van der Waals surface area contributed by atoms with E-state index in [1.807, 2.05) is 19.1 Å². The number of nitrogens with one attached hydrogen (secondary N) is 1.